The van der Waals surface area contributed by atoms with Crippen molar-refractivity contribution in [2.24, 2.45) is 0 Å². The molecule has 1 aromatic heterocycles. The van der Waals surface area contributed by atoms with Crippen LogP contribution in [0.5, 0.6) is 0 Å². The van der Waals surface area contributed by atoms with Crippen LogP contribution in [-0.4, -0.2) is 0 Å². The molecular weight excluding hydrogens is 655 g/mol. The first kappa shape index (κ1) is 31.6. The van der Waals surface area contributed by atoms with Crippen LogP contribution in [0, 0.1) is 0 Å². The van der Waals surface area contributed by atoms with Gasteiger partial charge in [0, 0.05) is 27.9 Å². The highest BCUT2D eigenvalue weighted by molar-refractivity contribution is 6.04. The van der Waals surface area contributed by atoms with Crippen LogP contribution in [0.3, 0.4) is 0 Å². The van der Waals surface area contributed by atoms with Crippen molar-refractivity contribution >= 4 is 49.6 Å². The summed E-state index contributed by atoms with van der Waals surface area (Å²) in [7, 11) is 0. The zero-order chi connectivity index (χ0) is 35.8. The van der Waals surface area contributed by atoms with Crippen LogP contribution in [0.25, 0.3) is 77.2 Å². The highest BCUT2D eigenvalue weighted by atomic mass is 16.3. The van der Waals surface area contributed by atoms with Crippen molar-refractivity contribution in [2.45, 2.75) is 0 Å². The van der Waals surface area contributed by atoms with Crippen LogP contribution >= 0.6 is 0 Å². The lowest BCUT2D eigenvalue weighted by Gasteiger charge is -2.28. The van der Waals surface area contributed by atoms with Crippen molar-refractivity contribution in [1.29, 1.82) is 0 Å². The first-order valence-electron chi connectivity index (χ1n) is 18.4. The third-order valence-electron chi connectivity index (χ3n) is 10.5. The Labute approximate surface area is 314 Å². The van der Waals surface area contributed by atoms with Crippen LogP contribution in [0.15, 0.2) is 217 Å². The Morgan fingerprint density at radius 1 is 0.333 bits per heavy atom. The molecule has 0 aliphatic heterocycles. The molecule has 9 aromatic carbocycles. The Morgan fingerprint density at radius 2 is 0.907 bits per heavy atom. The van der Waals surface area contributed by atoms with E-state index in [9.17, 15) is 0 Å². The summed E-state index contributed by atoms with van der Waals surface area (Å²) in [6, 6.07) is 75.7. The smallest absolute Gasteiger partial charge is 0.145 e. The molecule has 0 saturated heterocycles. The fraction of sp³-hybridized carbons (Fsp3) is 0. The van der Waals surface area contributed by atoms with E-state index in [0.717, 1.165) is 50.5 Å². The largest absolute Gasteiger partial charge is 0.455 e. The molecule has 2 heteroatoms. The second-order valence-corrected chi connectivity index (χ2v) is 13.7. The molecule has 0 radical (unpaired) electrons. The molecule has 10 aromatic rings. The summed E-state index contributed by atoms with van der Waals surface area (Å²) < 4.78 is 6.79. The molecule has 1 heterocycles. The number of hydrogen-bond acceptors (Lipinski definition) is 2. The maximum absolute atomic E-state index is 6.79. The summed E-state index contributed by atoms with van der Waals surface area (Å²) in [6.07, 6.45) is 0. The van der Waals surface area contributed by atoms with E-state index >= 15 is 0 Å². The molecule has 0 unspecified atom stereocenters. The summed E-state index contributed by atoms with van der Waals surface area (Å²) in [6.45, 7) is 0. The van der Waals surface area contributed by atoms with Gasteiger partial charge in [-0.15, -0.1) is 0 Å². The number of anilines is 3. The van der Waals surface area contributed by atoms with E-state index in [4.69, 9.17) is 4.42 Å². The van der Waals surface area contributed by atoms with Gasteiger partial charge >= 0.3 is 0 Å². The zero-order valence-corrected chi connectivity index (χ0v) is 29.6. The van der Waals surface area contributed by atoms with Gasteiger partial charge in [-0.25, -0.2) is 0 Å². The van der Waals surface area contributed by atoms with Gasteiger partial charge in [0.25, 0.3) is 0 Å². The van der Waals surface area contributed by atoms with Gasteiger partial charge in [0.15, 0.2) is 0 Å². The fourth-order valence-electron chi connectivity index (χ4n) is 7.85. The van der Waals surface area contributed by atoms with E-state index in [1.54, 1.807) is 0 Å². The Hall–Kier alpha value is -7.16. The van der Waals surface area contributed by atoms with Gasteiger partial charge in [-0.3, -0.25) is 0 Å². The van der Waals surface area contributed by atoms with Crippen molar-refractivity contribution in [3.63, 3.8) is 0 Å². The summed E-state index contributed by atoms with van der Waals surface area (Å²) >= 11 is 0. The molecule has 10 rings (SSSR count). The predicted octanol–water partition coefficient (Wildman–Crippen LogP) is 14.9. The fourth-order valence-corrected chi connectivity index (χ4v) is 7.85. The number of fused-ring (bicyclic) bond motifs is 3. The molecule has 0 atom stereocenters. The average Bonchev–Trinajstić information content (AvgIpc) is 3.64. The molecule has 54 heavy (non-hydrogen) atoms. The summed E-state index contributed by atoms with van der Waals surface area (Å²) in [5.74, 6) is 0.853. The van der Waals surface area contributed by atoms with Crippen LogP contribution in [0.4, 0.5) is 17.1 Å². The zero-order valence-electron chi connectivity index (χ0n) is 29.6. The number of hydrogen-bond donors (Lipinski definition) is 0. The summed E-state index contributed by atoms with van der Waals surface area (Å²) in [4.78, 5) is 2.36. The maximum atomic E-state index is 6.79. The standard InChI is InChI=1S/C52H35NO/c1-2-15-41(16-3-1)51-48-21-9-11-24-50(48)54-52(51)47-20-8-10-23-49(47)53(44-34-31-36-13-4-5-17-42(36)35-44)43-32-29-38(30-33-43)37-25-27-40(28-26-37)46-22-12-18-39-14-6-7-19-45(39)46/h1-35H. The lowest BCUT2D eigenvalue weighted by molar-refractivity contribution is 0.632. The van der Waals surface area contributed by atoms with Crippen molar-refractivity contribution in [3.8, 4) is 44.7 Å². The van der Waals surface area contributed by atoms with Crippen molar-refractivity contribution in [3.05, 3.63) is 212 Å². The van der Waals surface area contributed by atoms with Crippen molar-refractivity contribution in [1.82, 2.24) is 0 Å². The maximum Gasteiger partial charge on any atom is 0.145 e. The third kappa shape index (κ3) is 5.62. The van der Waals surface area contributed by atoms with Gasteiger partial charge in [0.1, 0.15) is 11.3 Å². The summed E-state index contributed by atoms with van der Waals surface area (Å²) in [5.41, 5.74) is 12.1. The number of benzene rings is 9. The minimum atomic E-state index is 0.853. The first-order valence-corrected chi connectivity index (χ1v) is 18.4. The van der Waals surface area contributed by atoms with Gasteiger partial charge in [-0.1, -0.05) is 170 Å². The topological polar surface area (TPSA) is 16.4 Å². The Bertz CT molecular complexity index is 2920. The first-order chi connectivity index (χ1) is 26.8. The third-order valence-corrected chi connectivity index (χ3v) is 10.5. The van der Waals surface area contributed by atoms with Crippen molar-refractivity contribution < 1.29 is 4.42 Å². The van der Waals surface area contributed by atoms with Crippen LogP contribution in [0.1, 0.15) is 0 Å². The lowest BCUT2D eigenvalue weighted by atomic mass is 9.96. The molecule has 0 bridgehead atoms. The molecule has 0 amide bonds. The van der Waals surface area contributed by atoms with E-state index in [2.05, 4.69) is 211 Å². The highest BCUT2D eigenvalue weighted by Gasteiger charge is 2.24. The highest BCUT2D eigenvalue weighted by Crippen LogP contribution is 2.47. The lowest BCUT2D eigenvalue weighted by Crippen LogP contribution is -2.11. The Balaban J connectivity index is 1.09. The number of nitrogens with zero attached hydrogens (tertiary/aromatic N) is 1. The Morgan fingerprint density at radius 3 is 1.72 bits per heavy atom. The molecule has 0 saturated carbocycles. The van der Waals surface area contributed by atoms with E-state index in [1.165, 1.54) is 43.8 Å². The van der Waals surface area contributed by atoms with Crippen LogP contribution in [-0.2, 0) is 0 Å². The molecule has 0 fully saturated rings. The molecule has 254 valence electrons. The quantitative estimate of drug-likeness (QED) is 0.166. The molecule has 0 spiro atoms. The molecule has 0 N–H and O–H groups in total. The normalized spacial score (nSPS) is 11.3. The minimum absolute atomic E-state index is 0.853. The van der Waals surface area contributed by atoms with Gasteiger partial charge in [-0.05, 0) is 91.8 Å². The average molecular weight is 690 g/mol. The number of para-hydroxylation sites is 2. The number of rotatable bonds is 7. The molecule has 0 aliphatic carbocycles. The van der Waals surface area contributed by atoms with E-state index < -0.39 is 0 Å². The van der Waals surface area contributed by atoms with Gasteiger partial charge in [-0.2, -0.15) is 0 Å². The number of furan rings is 1. The SMILES string of the molecule is c1ccc(-c2c(-c3ccccc3N(c3ccc(-c4ccc(-c5cccc6ccccc56)cc4)cc3)c3ccc4ccccc4c3)oc3ccccc23)cc1. The molecular formula is C52H35NO. The van der Waals surface area contributed by atoms with Gasteiger partial charge in [0.2, 0.25) is 0 Å². The monoisotopic (exact) mass is 689 g/mol. The van der Waals surface area contributed by atoms with E-state index in [-0.39, 0.29) is 0 Å². The predicted molar refractivity (Wildman–Crippen MR) is 228 cm³/mol. The van der Waals surface area contributed by atoms with E-state index in [1.807, 2.05) is 6.07 Å². The van der Waals surface area contributed by atoms with Crippen molar-refractivity contribution in [2.75, 3.05) is 4.90 Å². The Kier molecular flexibility index (Phi) is 7.85. The van der Waals surface area contributed by atoms with Gasteiger partial charge in [0.05, 0.1) is 5.69 Å². The minimum Gasteiger partial charge on any atom is -0.455 e. The van der Waals surface area contributed by atoms with Crippen LogP contribution < -0.4 is 4.90 Å². The van der Waals surface area contributed by atoms with Gasteiger partial charge < -0.3 is 9.32 Å². The molecule has 0 aliphatic rings. The second kappa shape index (κ2) is 13.4. The second-order valence-electron chi connectivity index (χ2n) is 13.7. The summed E-state index contributed by atoms with van der Waals surface area (Å²) in [5, 5.41) is 6.02. The molecule has 2 nitrogen and oxygen atoms in total. The van der Waals surface area contributed by atoms with E-state index in [0.29, 0.717) is 0 Å². The van der Waals surface area contributed by atoms with Crippen LogP contribution in [0.2, 0.25) is 0 Å².